The highest BCUT2D eigenvalue weighted by molar-refractivity contribution is 6.34. The molecule has 0 unspecified atom stereocenters. The number of para-hydroxylation sites is 1. The second-order valence-corrected chi connectivity index (χ2v) is 10.5. The smallest absolute Gasteiger partial charge is 0.219 e. The van der Waals surface area contributed by atoms with Gasteiger partial charge in [0.05, 0.1) is 10.5 Å². The second kappa shape index (κ2) is 9.01. The summed E-state index contributed by atoms with van der Waals surface area (Å²) in [5.41, 5.74) is 9.50. The number of hydrogen-bond acceptors (Lipinski definition) is 6. The predicted octanol–water partition coefficient (Wildman–Crippen LogP) is 6.17. The maximum atomic E-state index is 6.82. The molecule has 0 bridgehead atoms. The molecule has 2 fully saturated rings. The van der Waals surface area contributed by atoms with E-state index in [0.717, 1.165) is 58.0 Å². The van der Waals surface area contributed by atoms with E-state index in [-0.39, 0.29) is 0 Å². The fourth-order valence-electron chi connectivity index (χ4n) is 5.56. The number of imidazole rings is 1. The summed E-state index contributed by atoms with van der Waals surface area (Å²) in [6.45, 7) is 3.69. The van der Waals surface area contributed by atoms with Crippen LogP contribution in [0.3, 0.4) is 0 Å². The monoisotopic (exact) mass is 510 g/mol. The van der Waals surface area contributed by atoms with E-state index in [1.54, 1.807) is 6.20 Å². The summed E-state index contributed by atoms with van der Waals surface area (Å²) < 4.78 is 8.06. The molecule has 0 amide bonds. The van der Waals surface area contributed by atoms with E-state index in [2.05, 4.69) is 14.3 Å². The van der Waals surface area contributed by atoms with E-state index >= 15 is 0 Å². The SMILES string of the molecule is Nc1nccn2c(C3CC(CN4CCC4)C3)nc(-c3cc4nc(Oc5ccccc5)ccc4cc3Cl)c12. The molecule has 2 aromatic carbocycles. The highest BCUT2D eigenvalue weighted by Crippen LogP contribution is 2.44. The van der Waals surface area contributed by atoms with Crippen molar-refractivity contribution >= 4 is 33.8 Å². The van der Waals surface area contributed by atoms with Crippen molar-refractivity contribution in [3.63, 3.8) is 0 Å². The first-order chi connectivity index (χ1) is 18.1. The van der Waals surface area contributed by atoms with E-state index in [1.165, 1.54) is 26.1 Å². The van der Waals surface area contributed by atoms with Crippen LogP contribution in [0.25, 0.3) is 27.7 Å². The summed E-state index contributed by atoms with van der Waals surface area (Å²) in [5.74, 6) is 3.86. The van der Waals surface area contributed by atoms with Crippen LogP contribution in [0.5, 0.6) is 11.6 Å². The summed E-state index contributed by atoms with van der Waals surface area (Å²) in [5, 5.41) is 1.53. The van der Waals surface area contributed by atoms with Gasteiger partial charge in [0.15, 0.2) is 0 Å². The predicted molar refractivity (Wildman–Crippen MR) is 146 cm³/mol. The maximum absolute atomic E-state index is 6.82. The van der Waals surface area contributed by atoms with Crippen molar-refractivity contribution in [1.29, 1.82) is 0 Å². The van der Waals surface area contributed by atoms with Crippen LogP contribution in [-0.2, 0) is 0 Å². The Balaban J connectivity index is 1.26. The lowest BCUT2D eigenvalue weighted by atomic mass is 9.74. The zero-order valence-corrected chi connectivity index (χ0v) is 21.1. The molecular weight excluding hydrogens is 484 g/mol. The van der Waals surface area contributed by atoms with E-state index in [0.29, 0.717) is 22.6 Å². The van der Waals surface area contributed by atoms with Gasteiger partial charge in [-0.3, -0.25) is 4.40 Å². The summed E-state index contributed by atoms with van der Waals surface area (Å²) in [4.78, 5) is 16.8. The summed E-state index contributed by atoms with van der Waals surface area (Å²) >= 11 is 6.82. The number of rotatable bonds is 6. The number of fused-ring (bicyclic) bond motifs is 2. The van der Waals surface area contributed by atoms with E-state index in [4.69, 9.17) is 32.0 Å². The molecule has 1 saturated carbocycles. The summed E-state index contributed by atoms with van der Waals surface area (Å²) in [6, 6.07) is 17.4. The molecule has 3 aromatic heterocycles. The van der Waals surface area contributed by atoms with Crippen molar-refractivity contribution < 1.29 is 4.74 Å². The highest BCUT2D eigenvalue weighted by atomic mass is 35.5. The first-order valence-electron chi connectivity index (χ1n) is 12.8. The normalized spacial score (nSPS) is 19.6. The molecule has 2 N–H and O–H groups in total. The Hall–Kier alpha value is -3.68. The topological polar surface area (TPSA) is 81.6 Å². The molecule has 4 heterocycles. The zero-order valence-electron chi connectivity index (χ0n) is 20.3. The average molecular weight is 511 g/mol. The van der Waals surface area contributed by atoms with Gasteiger partial charge in [-0.15, -0.1) is 0 Å². The lowest BCUT2D eigenvalue weighted by Gasteiger charge is -2.41. The average Bonchev–Trinajstić information content (AvgIpc) is 3.23. The number of ether oxygens (including phenoxy) is 1. The number of likely N-dealkylation sites (tertiary alicyclic amines) is 1. The third kappa shape index (κ3) is 4.08. The highest BCUT2D eigenvalue weighted by Gasteiger charge is 2.36. The number of benzene rings is 2. The molecule has 1 aliphatic carbocycles. The van der Waals surface area contributed by atoms with Gasteiger partial charge >= 0.3 is 0 Å². The van der Waals surface area contributed by atoms with Crippen molar-refractivity contribution in [1.82, 2.24) is 24.3 Å². The Bertz CT molecular complexity index is 1610. The van der Waals surface area contributed by atoms with Crippen molar-refractivity contribution in [2.45, 2.75) is 25.2 Å². The number of nitrogens with zero attached hydrogens (tertiary/aromatic N) is 5. The molecule has 8 heteroatoms. The van der Waals surface area contributed by atoms with Gasteiger partial charge in [-0.1, -0.05) is 29.8 Å². The number of pyridine rings is 1. The molecule has 7 rings (SSSR count). The van der Waals surface area contributed by atoms with Crippen molar-refractivity contribution in [2.75, 3.05) is 25.4 Å². The third-order valence-corrected chi connectivity index (χ3v) is 7.96. The van der Waals surface area contributed by atoms with E-state index in [1.807, 2.05) is 60.8 Å². The summed E-state index contributed by atoms with van der Waals surface area (Å²) in [7, 11) is 0. The zero-order chi connectivity index (χ0) is 24.9. The summed E-state index contributed by atoms with van der Waals surface area (Å²) in [6.07, 6.45) is 7.32. The Labute approximate surface area is 219 Å². The van der Waals surface area contributed by atoms with E-state index < -0.39 is 0 Å². The van der Waals surface area contributed by atoms with Crippen LogP contribution in [0.1, 0.15) is 31.0 Å². The Morgan fingerprint density at radius 1 is 1.03 bits per heavy atom. The third-order valence-electron chi connectivity index (χ3n) is 7.65. The van der Waals surface area contributed by atoms with Crippen LogP contribution in [0.2, 0.25) is 5.02 Å². The molecule has 1 aliphatic heterocycles. The minimum atomic E-state index is 0.401. The Kier molecular flexibility index (Phi) is 5.48. The first-order valence-corrected chi connectivity index (χ1v) is 13.2. The first kappa shape index (κ1) is 22.5. The van der Waals surface area contributed by atoms with Gasteiger partial charge < -0.3 is 15.4 Å². The van der Waals surface area contributed by atoms with Gasteiger partial charge in [-0.2, -0.15) is 0 Å². The number of aromatic nitrogens is 4. The van der Waals surface area contributed by atoms with Gasteiger partial charge in [0.1, 0.15) is 28.6 Å². The molecular formula is C29H27ClN6O. The second-order valence-electron chi connectivity index (χ2n) is 10.1. The molecule has 37 heavy (non-hydrogen) atoms. The molecule has 186 valence electrons. The fourth-order valence-corrected chi connectivity index (χ4v) is 5.82. The molecule has 0 atom stereocenters. The van der Waals surface area contributed by atoms with Crippen LogP contribution >= 0.6 is 11.6 Å². The van der Waals surface area contributed by atoms with Crippen LogP contribution < -0.4 is 10.5 Å². The largest absolute Gasteiger partial charge is 0.439 e. The van der Waals surface area contributed by atoms with Crippen LogP contribution in [0, 0.1) is 5.92 Å². The molecule has 7 nitrogen and oxygen atoms in total. The Morgan fingerprint density at radius 2 is 1.86 bits per heavy atom. The lowest BCUT2D eigenvalue weighted by molar-refractivity contribution is 0.107. The van der Waals surface area contributed by atoms with Crippen molar-refractivity contribution in [3.8, 4) is 22.9 Å². The van der Waals surface area contributed by atoms with Crippen molar-refractivity contribution in [3.05, 3.63) is 77.8 Å². The van der Waals surface area contributed by atoms with Crippen molar-refractivity contribution in [2.24, 2.45) is 5.92 Å². The van der Waals surface area contributed by atoms with Gasteiger partial charge in [-0.05, 0) is 68.6 Å². The lowest BCUT2D eigenvalue weighted by Crippen LogP contribution is -2.43. The van der Waals surface area contributed by atoms with Gasteiger partial charge in [-0.25, -0.2) is 15.0 Å². The number of halogens is 1. The number of hydrogen-bond donors (Lipinski definition) is 1. The number of nitrogen functional groups attached to an aromatic ring is 1. The minimum absolute atomic E-state index is 0.401. The maximum Gasteiger partial charge on any atom is 0.219 e. The van der Waals surface area contributed by atoms with Gasteiger partial charge in [0.25, 0.3) is 0 Å². The Morgan fingerprint density at radius 3 is 2.65 bits per heavy atom. The van der Waals surface area contributed by atoms with Gasteiger partial charge in [0.2, 0.25) is 5.88 Å². The van der Waals surface area contributed by atoms with Crippen LogP contribution in [0.4, 0.5) is 5.82 Å². The standard InChI is InChI=1S/C29H27ClN6O/c30-23-15-19-7-8-25(37-21-5-2-1-3-6-21)33-24(19)16-22(23)26-27-28(31)32-9-12-36(27)29(34-26)20-13-18(14-20)17-35-10-4-11-35/h1-3,5-9,12,15-16,18,20H,4,10-11,13-14,17H2,(H2,31,32). The number of anilines is 1. The quantitative estimate of drug-likeness (QED) is 0.294. The molecule has 0 radical (unpaired) electrons. The fraction of sp³-hybridized carbons (Fsp3) is 0.276. The van der Waals surface area contributed by atoms with Crippen LogP contribution in [-0.4, -0.2) is 43.9 Å². The van der Waals surface area contributed by atoms with E-state index in [9.17, 15) is 0 Å². The molecule has 2 aliphatic rings. The molecule has 1 saturated heterocycles. The van der Waals surface area contributed by atoms with Crippen LogP contribution in [0.15, 0.2) is 67.0 Å². The minimum Gasteiger partial charge on any atom is -0.439 e. The molecule has 0 spiro atoms. The van der Waals surface area contributed by atoms with Gasteiger partial charge in [0, 0.05) is 41.9 Å². The number of nitrogens with two attached hydrogens (primary N) is 1. The molecule has 5 aromatic rings.